The van der Waals surface area contributed by atoms with Crippen molar-refractivity contribution in [1.82, 2.24) is 10.9 Å². The predicted octanol–water partition coefficient (Wildman–Crippen LogP) is 0.843. The number of carbonyl (C=O) groups excluding carboxylic acids is 2. The Bertz CT molecular complexity index is 367. The highest BCUT2D eigenvalue weighted by Crippen LogP contribution is 2.07. The first-order valence-corrected chi connectivity index (χ1v) is 5.12. The summed E-state index contributed by atoms with van der Waals surface area (Å²) in [6.45, 7) is 1.72. The molecule has 0 bridgehead atoms. The Hall–Kier alpha value is -2.24. The van der Waals surface area contributed by atoms with Crippen molar-refractivity contribution in [2.24, 2.45) is 0 Å². The van der Waals surface area contributed by atoms with Crippen molar-refractivity contribution in [2.75, 3.05) is 13.2 Å². The normalized spacial score (nSPS) is 9.24. The number of hydrazine groups is 1. The second kappa shape index (κ2) is 7.10. The van der Waals surface area contributed by atoms with Crippen LogP contribution in [0.4, 0.5) is 4.79 Å². The third kappa shape index (κ3) is 5.41. The highest BCUT2D eigenvalue weighted by Gasteiger charge is 2.04. The van der Waals surface area contributed by atoms with Crippen LogP contribution in [0.25, 0.3) is 0 Å². The highest BCUT2D eigenvalue weighted by molar-refractivity contribution is 5.80. The molecule has 6 nitrogen and oxygen atoms in total. The smallest absolute Gasteiger partial charge is 0.426 e. The summed E-state index contributed by atoms with van der Waals surface area (Å²) >= 11 is 0. The zero-order chi connectivity index (χ0) is 12.5. The van der Waals surface area contributed by atoms with Crippen LogP contribution in [0.2, 0.25) is 0 Å². The van der Waals surface area contributed by atoms with Crippen LogP contribution in [-0.2, 0) is 9.53 Å². The number of nitrogens with one attached hydrogen (secondary N) is 2. The maximum Gasteiger partial charge on any atom is 0.426 e. The van der Waals surface area contributed by atoms with E-state index in [0.29, 0.717) is 5.75 Å². The summed E-state index contributed by atoms with van der Waals surface area (Å²) < 4.78 is 9.71. The molecule has 0 saturated heterocycles. The van der Waals surface area contributed by atoms with Crippen LogP contribution < -0.4 is 15.6 Å². The molecule has 2 N–H and O–H groups in total. The summed E-state index contributed by atoms with van der Waals surface area (Å²) in [7, 11) is 0. The number of para-hydroxylation sites is 1. The van der Waals surface area contributed by atoms with Gasteiger partial charge in [0.15, 0.2) is 6.61 Å². The van der Waals surface area contributed by atoms with Crippen LogP contribution >= 0.6 is 0 Å². The second-order valence-electron chi connectivity index (χ2n) is 3.00. The largest absolute Gasteiger partial charge is 0.484 e. The number of benzene rings is 1. The number of hydrogen-bond donors (Lipinski definition) is 2. The predicted molar refractivity (Wildman–Crippen MR) is 60.2 cm³/mol. The number of hydrogen-bond acceptors (Lipinski definition) is 4. The fraction of sp³-hybridized carbons (Fsp3) is 0.273. The number of carbonyl (C=O) groups is 2. The van der Waals surface area contributed by atoms with Crippen molar-refractivity contribution in [3.63, 3.8) is 0 Å². The molecule has 0 heterocycles. The molecule has 0 atom stereocenters. The molecule has 1 aromatic rings. The van der Waals surface area contributed by atoms with E-state index >= 15 is 0 Å². The summed E-state index contributed by atoms with van der Waals surface area (Å²) in [5.74, 6) is 0.112. The zero-order valence-electron chi connectivity index (χ0n) is 9.43. The number of amides is 2. The molecule has 0 spiro atoms. The maximum atomic E-state index is 11.2. The van der Waals surface area contributed by atoms with Gasteiger partial charge in [0.05, 0.1) is 6.61 Å². The molecule has 0 radical (unpaired) electrons. The zero-order valence-corrected chi connectivity index (χ0v) is 9.43. The molecule has 0 aliphatic rings. The van der Waals surface area contributed by atoms with Crippen LogP contribution in [0.3, 0.4) is 0 Å². The first kappa shape index (κ1) is 12.8. The van der Waals surface area contributed by atoms with Gasteiger partial charge in [0, 0.05) is 0 Å². The number of ether oxygens (including phenoxy) is 2. The minimum absolute atomic E-state index is 0.184. The fourth-order valence-electron chi connectivity index (χ4n) is 0.990. The highest BCUT2D eigenvalue weighted by atomic mass is 16.6. The molecule has 6 heteroatoms. The van der Waals surface area contributed by atoms with E-state index in [0.717, 1.165) is 0 Å². The Labute approximate surface area is 98.9 Å². The average molecular weight is 238 g/mol. The lowest BCUT2D eigenvalue weighted by molar-refractivity contribution is -0.123. The molecule has 0 fully saturated rings. The SMILES string of the molecule is CCOC(=O)NNC(=O)COc1ccccc1. The third-order valence-electron chi connectivity index (χ3n) is 1.69. The first-order chi connectivity index (χ1) is 8.22. The molecule has 17 heavy (non-hydrogen) atoms. The van der Waals surface area contributed by atoms with Crippen molar-refractivity contribution >= 4 is 12.0 Å². The van der Waals surface area contributed by atoms with Crippen LogP contribution in [0.5, 0.6) is 5.75 Å². The Morgan fingerprint density at radius 2 is 1.88 bits per heavy atom. The fourth-order valence-corrected chi connectivity index (χ4v) is 0.990. The van der Waals surface area contributed by atoms with Gasteiger partial charge in [0.25, 0.3) is 5.91 Å². The van der Waals surface area contributed by atoms with E-state index in [1.165, 1.54) is 0 Å². The molecule has 0 aliphatic carbocycles. The monoisotopic (exact) mass is 238 g/mol. The lowest BCUT2D eigenvalue weighted by Crippen LogP contribution is -2.44. The van der Waals surface area contributed by atoms with Gasteiger partial charge in [-0.25, -0.2) is 10.2 Å². The van der Waals surface area contributed by atoms with Gasteiger partial charge >= 0.3 is 6.09 Å². The average Bonchev–Trinajstić information content (AvgIpc) is 2.35. The molecular weight excluding hydrogens is 224 g/mol. The summed E-state index contributed by atoms with van der Waals surface area (Å²) in [6, 6.07) is 8.89. The van der Waals surface area contributed by atoms with Gasteiger partial charge in [-0.3, -0.25) is 10.2 Å². The van der Waals surface area contributed by atoms with E-state index in [1.54, 1.807) is 31.2 Å². The van der Waals surface area contributed by atoms with E-state index in [1.807, 2.05) is 6.07 Å². The van der Waals surface area contributed by atoms with Crippen LogP contribution in [0.1, 0.15) is 6.92 Å². The van der Waals surface area contributed by atoms with Crippen molar-refractivity contribution in [3.05, 3.63) is 30.3 Å². The molecule has 1 aromatic carbocycles. The van der Waals surface area contributed by atoms with E-state index in [-0.39, 0.29) is 13.2 Å². The van der Waals surface area contributed by atoms with Gasteiger partial charge < -0.3 is 9.47 Å². The summed E-state index contributed by atoms with van der Waals surface area (Å²) in [5.41, 5.74) is 4.23. The number of rotatable bonds is 4. The summed E-state index contributed by atoms with van der Waals surface area (Å²) in [4.78, 5) is 22.1. The van der Waals surface area contributed by atoms with E-state index in [4.69, 9.17) is 4.74 Å². The van der Waals surface area contributed by atoms with Gasteiger partial charge in [0.1, 0.15) is 5.75 Å². The van der Waals surface area contributed by atoms with Crippen LogP contribution in [0, 0.1) is 0 Å². The van der Waals surface area contributed by atoms with Crippen molar-refractivity contribution in [2.45, 2.75) is 6.92 Å². The van der Waals surface area contributed by atoms with Gasteiger partial charge in [-0.1, -0.05) is 18.2 Å². The molecule has 1 rings (SSSR count). The third-order valence-corrected chi connectivity index (χ3v) is 1.69. The van der Waals surface area contributed by atoms with Crippen molar-refractivity contribution in [3.8, 4) is 5.75 Å². The Balaban J connectivity index is 2.20. The molecule has 0 saturated carbocycles. The standard InChI is InChI=1S/C11H14N2O4/c1-2-16-11(15)13-12-10(14)8-17-9-6-4-3-5-7-9/h3-7H,2,8H2,1H3,(H,12,14)(H,13,15). The van der Waals surface area contributed by atoms with E-state index in [9.17, 15) is 9.59 Å². The lowest BCUT2D eigenvalue weighted by atomic mass is 10.3. The summed E-state index contributed by atoms with van der Waals surface area (Å²) in [6.07, 6.45) is -0.708. The quantitative estimate of drug-likeness (QED) is 0.762. The van der Waals surface area contributed by atoms with Gasteiger partial charge in [0.2, 0.25) is 0 Å². The molecule has 2 amide bonds. The topological polar surface area (TPSA) is 76.7 Å². The first-order valence-electron chi connectivity index (χ1n) is 5.12. The Morgan fingerprint density at radius 3 is 2.53 bits per heavy atom. The van der Waals surface area contributed by atoms with Crippen LogP contribution in [0.15, 0.2) is 30.3 Å². The van der Waals surface area contributed by atoms with Gasteiger partial charge in [-0.2, -0.15) is 0 Å². The van der Waals surface area contributed by atoms with Gasteiger partial charge in [-0.05, 0) is 19.1 Å². The Kier molecular flexibility index (Phi) is 5.36. The molecule has 0 aromatic heterocycles. The van der Waals surface area contributed by atoms with E-state index in [2.05, 4.69) is 15.6 Å². The maximum absolute atomic E-state index is 11.2. The minimum Gasteiger partial charge on any atom is -0.484 e. The van der Waals surface area contributed by atoms with E-state index < -0.39 is 12.0 Å². The lowest BCUT2D eigenvalue weighted by Gasteiger charge is -2.08. The summed E-state index contributed by atoms with van der Waals surface area (Å²) in [5, 5.41) is 0. The Morgan fingerprint density at radius 1 is 1.18 bits per heavy atom. The van der Waals surface area contributed by atoms with Gasteiger partial charge in [-0.15, -0.1) is 0 Å². The molecule has 92 valence electrons. The van der Waals surface area contributed by atoms with Crippen molar-refractivity contribution in [1.29, 1.82) is 0 Å². The molecule has 0 aliphatic heterocycles. The van der Waals surface area contributed by atoms with Crippen LogP contribution in [-0.4, -0.2) is 25.2 Å². The second-order valence-corrected chi connectivity index (χ2v) is 3.00. The minimum atomic E-state index is -0.708. The molecular formula is C11H14N2O4. The van der Waals surface area contributed by atoms with Crippen molar-refractivity contribution < 1.29 is 19.1 Å². The molecule has 0 unspecified atom stereocenters.